The van der Waals surface area contributed by atoms with Gasteiger partial charge >= 0.3 is 0 Å². The second-order valence-corrected chi connectivity index (χ2v) is 4.09. The van der Waals surface area contributed by atoms with Gasteiger partial charge in [-0.15, -0.1) is 0 Å². The molecule has 1 rings (SSSR count). The number of hydrogen-bond acceptors (Lipinski definition) is 3. The van der Waals surface area contributed by atoms with Gasteiger partial charge in [0.2, 0.25) is 5.91 Å². The van der Waals surface area contributed by atoms with Gasteiger partial charge in [0.25, 0.3) is 0 Å². The second-order valence-electron chi connectivity index (χ2n) is 3.18. The van der Waals surface area contributed by atoms with Crippen LogP contribution in [0.4, 0.5) is 5.69 Å². The van der Waals surface area contributed by atoms with Gasteiger partial charge in [-0.25, -0.2) is 0 Å². The molecule has 1 amide bonds. The summed E-state index contributed by atoms with van der Waals surface area (Å²) in [6, 6.07) is 1.81. The Balaban J connectivity index is 2.56. The van der Waals surface area contributed by atoms with Gasteiger partial charge in [-0.2, -0.15) is 0 Å². The summed E-state index contributed by atoms with van der Waals surface area (Å²) in [7, 11) is 3.69. The molecule has 0 aliphatic rings. The highest BCUT2D eigenvalue weighted by molar-refractivity contribution is 9.10. The molecule has 0 atom stereocenters. The van der Waals surface area contributed by atoms with E-state index in [1.807, 2.05) is 14.1 Å². The second kappa shape index (κ2) is 5.07. The third-order valence-electron chi connectivity index (χ3n) is 1.45. The molecule has 0 saturated heterocycles. The average molecular weight is 258 g/mol. The Morgan fingerprint density at radius 1 is 1.57 bits per heavy atom. The van der Waals surface area contributed by atoms with Crippen LogP contribution in [0.2, 0.25) is 0 Å². The van der Waals surface area contributed by atoms with Crippen LogP contribution >= 0.6 is 15.9 Å². The summed E-state index contributed by atoms with van der Waals surface area (Å²) in [6.45, 7) is 0.368. The van der Waals surface area contributed by atoms with Crippen LogP contribution < -0.4 is 5.32 Å². The molecule has 1 aromatic rings. The van der Waals surface area contributed by atoms with E-state index in [9.17, 15) is 4.79 Å². The van der Waals surface area contributed by atoms with Crippen molar-refractivity contribution < 1.29 is 4.79 Å². The van der Waals surface area contributed by atoms with Gasteiger partial charge in [-0.1, -0.05) is 0 Å². The summed E-state index contributed by atoms with van der Waals surface area (Å²) >= 11 is 3.28. The van der Waals surface area contributed by atoms with E-state index >= 15 is 0 Å². The van der Waals surface area contributed by atoms with Crippen molar-refractivity contribution in [3.63, 3.8) is 0 Å². The van der Waals surface area contributed by atoms with Crippen molar-refractivity contribution in [1.29, 1.82) is 0 Å². The van der Waals surface area contributed by atoms with E-state index < -0.39 is 0 Å². The normalized spacial score (nSPS) is 10.3. The molecule has 5 heteroatoms. The molecule has 14 heavy (non-hydrogen) atoms. The van der Waals surface area contributed by atoms with E-state index in [0.29, 0.717) is 12.2 Å². The Hall–Kier alpha value is -0.940. The fraction of sp³-hybridized carbons (Fsp3) is 0.333. The van der Waals surface area contributed by atoms with E-state index in [4.69, 9.17) is 0 Å². The van der Waals surface area contributed by atoms with Gasteiger partial charge in [-0.05, 0) is 36.1 Å². The number of carbonyl (C=O) groups is 1. The van der Waals surface area contributed by atoms with Crippen LogP contribution in [0, 0.1) is 0 Å². The largest absolute Gasteiger partial charge is 0.324 e. The number of nitrogens with zero attached hydrogens (tertiary/aromatic N) is 2. The van der Waals surface area contributed by atoms with Gasteiger partial charge in [-0.3, -0.25) is 9.78 Å². The zero-order chi connectivity index (χ0) is 10.6. The standard InChI is InChI=1S/C9H12BrN3O/c1-13(2)6-9(14)12-8-3-7(10)4-11-5-8/h3-5H,6H2,1-2H3,(H,12,14). The molecule has 1 N–H and O–H groups in total. The quantitative estimate of drug-likeness (QED) is 0.889. The molecular formula is C9H12BrN3O. The highest BCUT2D eigenvalue weighted by Gasteiger charge is 2.03. The lowest BCUT2D eigenvalue weighted by Crippen LogP contribution is -2.27. The van der Waals surface area contributed by atoms with Crippen LogP contribution in [0.1, 0.15) is 0 Å². The maximum atomic E-state index is 11.3. The first-order chi connectivity index (χ1) is 6.58. The van der Waals surface area contributed by atoms with Crippen molar-refractivity contribution in [2.75, 3.05) is 26.0 Å². The summed E-state index contributed by atoms with van der Waals surface area (Å²) < 4.78 is 0.847. The van der Waals surface area contributed by atoms with Crippen molar-refractivity contribution in [3.05, 3.63) is 22.9 Å². The van der Waals surface area contributed by atoms with E-state index in [2.05, 4.69) is 26.2 Å². The van der Waals surface area contributed by atoms with Crippen molar-refractivity contribution in [2.45, 2.75) is 0 Å². The first-order valence-electron chi connectivity index (χ1n) is 4.13. The molecule has 0 radical (unpaired) electrons. The number of hydrogen-bond donors (Lipinski definition) is 1. The number of anilines is 1. The molecular weight excluding hydrogens is 246 g/mol. The fourth-order valence-corrected chi connectivity index (χ4v) is 1.33. The molecule has 0 aliphatic carbocycles. The van der Waals surface area contributed by atoms with Crippen LogP contribution in [0.15, 0.2) is 22.9 Å². The average Bonchev–Trinajstić information content (AvgIpc) is 2.01. The lowest BCUT2D eigenvalue weighted by Gasteiger charge is -2.09. The molecule has 0 bridgehead atoms. The van der Waals surface area contributed by atoms with Crippen molar-refractivity contribution in [3.8, 4) is 0 Å². The Morgan fingerprint density at radius 2 is 2.29 bits per heavy atom. The highest BCUT2D eigenvalue weighted by atomic mass is 79.9. The molecule has 0 aliphatic heterocycles. The molecule has 0 unspecified atom stereocenters. The Labute approximate surface area is 91.4 Å². The van der Waals surface area contributed by atoms with Crippen LogP contribution in [0.25, 0.3) is 0 Å². The van der Waals surface area contributed by atoms with Gasteiger partial charge in [0.05, 0.1) is 18.4 Å². The summed E-state index contributed by atoms with van der Waals surface area (Å²) in [5.41, 5.74) is 0.700. The van der Waals surface area contributed by atoms with Crippen LogP contribution in [-0.2, 0) is 4.79 Å². The van der Waals surface area contributed by atoms with Crippen LogP contribution in [0.3, 0.4) is 0 Å². The molecule has 0 aromatic carbocycles. The molecule has 1 aromatic heterocycles. The molecule has 1 heterocycles. The first kappa shape index (κ1) is 11.1. The number of nitrogens with one attached hydrogen (secondary N) is 1. The molecule has 0 spiro atoms. The minimum atomic E-state index is -0.0464. The van der Waals surface area contributed by atoms with Crippen LogP contribution in [-0.4, -0.2) is 36.4 Å². The predicted molar refractivity (Wildman–Crippen MR) is 59.1 cm³/mol. The van der Waals surface area contributed by atoms with Gasteiger partial charge < -0.3 is 10.2 Å². The Bertz CT molecular complexity index is 328. The zero-order valence-corrected chi connectivity index (χ0v) is 9.71. The number of pyridine rings is 1. The van der Waals surface area contributed by atoms with Gasteiger partial charge in [0.1, 0.15) is 0 Å². The van der Waals surface area contributed by atoms with E-state index in [1.54, 1.807) is 23.4 Å². The molecule has 0 saturated carbocycles. The van der Waals surface area contributed by atoms with Crippen molar-refractivity contribution in [2.24, 2.45) is 0 Å². The summed E-state index contributed by atoms with van der Waals surface area (Å²) in [4.78, 5) is 17.1. The van der Waals surface area contributed by atoms with Crippen molar-refractivity contribution >= 4 is 27.5 Å². The summed E-state index contributed by atoms with van der Waals surface area (Å²) in [5, 5.41) is 2.74. The molecule has 0 fully saturated rings. The highest BCUT2D eigenvalue weighted by Crippen LogP contribution is 2.13. The van der Waals surface area contributed by atoms with E-state index in [-0.39, 0.29) is 5.91 Å². The third-order valence-corrected chi connectivity index (χ3v) is 1.88. The third kappa shape index (κ3) is 3.85. The van der Waals surface area contributed by atoms with E-state index in [1.165, 1.54) is 0 Å². The number of carbonyl (C=O) groups excluding carboxylic acids is 1. The lowest BCUT2D eigenvalue weighted by molar-refractivity contribution is -0.116. The minimum absolute atomic E-state index is 0.0464. The monoisotopic (exact) mass is 257 g/mol. The maximum absolute atomic E-state index is 11.3. The SMILES string of the molecule is CN(C)CC(=O)Nc1cncc(Br)c1. The smallest absolute Gasteiger partial charge is 0.238 e. The number of amides is 1. The summed E-state index contributed by atoms with van der Waals surface area (Å²) in [5.74, 6) is -0.0464. The van der Waals surface area contributed by atoms with Crippen LogP contribution in [0.5, 0.6) is 0 Å². The van der Waals surface area contributed by atoms with Gasteiger partial charge in [0, 0.05) is 10.7 Å². The number of halogens is 1. The maximum Gasteiger partial charge on any atom is 0.238 e. The lowest BCUT2D eigenvalue weighted by atomic mass is 10.4. The number of rotatable bonds is 3. The topological polar surface area (TPSA) is 45.2 Å². The zero-order valence-electron chi connectivity index (χ0n) is 8.12. The molecule has 76 valence electrons. The number of likely N-dealkylation sites (N-methyl/N-ethyl adjacent to an activating group) is 1. The Kier molecular flexibility index (Phi) is 4.03. The number of aromatic nitrogens is 1. The first-order valence-corrected chi connectivity index (χ1v) is 4.92. The van der Waals surface area contributed by atoms with Crippen molar-refractivity contribution in [1.82, 2.24) is 9.88 Å². The predicted octanol–water partition coefficient (Wildman–Crippen LogP) is 1.34. The Morgan fingerprint density at radius 3 is 2.86 bits per heavy atom. The fourth-order valence-electron chi connectivity index (χ4n) is 0.968. The molecule has 4 nitrogen and oxygen atoms in total. The van der Waals surface area contributed by atoms with Gasteiger partial charge in [0.15, 0.2) is 0 Å². The summed E-state index contributed by atoms with van der Waals surface area (Å²) in [6.07, 6.45) is 3.28. The minimum Gasteiger partial charge on any atom is -0.324 e. The van der Waals surface area contributed by atoms with E-state index in [0.717, 1.165) is 4.47 Å².